The van der Waals surface area contributed by atoms with Crippen molar-refractivity contribution in [3.8, 4) is 0 Å². The number of fused-ring (bicyclic) bond motifs is 1. The first-order chi connectivity index (χ1) is 29.6. The third kappa shape index (κ3) is 7.90. The molecule has 4 N–H and O–H groups in total. The van der Waals surface area contributed by atoms with Crippen LogP contribution in [0.1, 0.15) is 123 Å². The van der Waals surface area contributed by atoms with Crippen LogP contribution in [0.3, 0.4) is 0 Å². The van der Waals surface area contributed by atoms with Gasteiger partial charge in [-0.1, -0.05) is 52.0 Å². The Labute approximate surface area is 367 Å². The minimum Gasteiger partial charge on any atom is -0.381 e. The minimum absolute atomic E-state index is 0.0431. The van der Waals surface area contributed by atoms with Gasteiger partial charge in [0.1, 0.15) is 30.3 Å². The van der Waals surface area contributed by atoms with Gasteiger partial charge in [0.15, 0.2) is 0 Å². The van der Waals surface area contributed by atoms with E-state index in [1.54, 1.807) is 11.0 Å². The highest BCUT2D eigenvalue weighted by Gasteiger charge is 2.85. The van der Waals surface area contributed by atoms with E-state index in [1.165, 1.54) is 4.31 Å². The van der Waals surface area contributed by atoms with E-state index < -0.39 is 70.2 Å². The van der Waals surface area contributed by atoms with Crippen molar-refractivity contribution in [3.05, 3.63) is 12.7 Å². The second-order valence-electron chi connectivity index (χ2n) is 20.4. The van der Waals surface area contributed by atoms with Gasteiger partial charge >= 0.3 is 10.2 Å². The second-order valence-corrected chi connectivity index (χ2v) is 22.1. The van der Waals surface area contributed by atoms with Crippen LogP contribution in [0.25, 0.3) is 0 Å². The van der Waals surface area contributed by atoms with E-state index in [9.17, 15) is 32.0 Å². The smallest absolute Gasteiger partial charge is 0.303 e. The quantitative estimate of drug-likeness (QED) is 0.180. The van der Waals surface area contributed by atoms with Crippen molar-refractivity contribution in [2.24, 2.45) is 34.0 Å². The molecule has 0 aromatic rings. The normalized spacial score (nSPS) is 33.3. The summed E-state index contributed by atoms with van der Waals surface area (Å²) in [6.45, 7) is 10.3. The highest BCUT2D eigenvalue weighted by molar-refractivity contribution is 7.87. The van der Waals surface area contributed by atoms with Crippen LogP contribution in [0.4, 0.5) is 4.39 Å². The lowest BCUT2D eigenvalue weighted by molar-refractivity contribution is -0.145. The van der Waals surface area contributed by atoms with Crippen molar-refractivity contribution in [1.29, 1.82) is 0 Å². The lowest BCUT2D eigenvalue weighted by Crippen LogP contribution is -2.62. The Kier molecular flexibility index (Phi) is 12.9. The number of ether oxygens (including phenoxy) is 1. The van der Waals surface area contributed by atoms with E-state index in [1.807, 2.05) is 4.90 Å². The summed E-state index contributed by atoms with van der Waals surface area (Å²) in [4.78, 5) is 76.6. The fourth-order valence-corrected chi connectivity index (χ4v) is 14.5. The number of carbonyl (C=O) groups is 5. The van der Waals surface area contributed by atoms with Crippen LogP contribution in [-0.4, -0.2) is 134 Å². The zero-order chi connectivity index (χ0) is 44.1. The lowest BCUT2D eigenvalue weighted by Gasteiger charge is -2.38. The second kappa shape index (κ2) is 17.7. The first-order valence-electron chi connectivity index (χ1n) is 23.7. The number of nitrogens with zero attached hydrogens (tertiary/aromatic N) is 3. The molecule has 2 spiro atoms. The summed E-state index contributed by atoms with van der Waals surface area (Å²) < 4.78 is 49.2. The Morgan fingerprint density at radius 2 is 1.45 bits per heavy atom. The SMILES string of the molecule is C=C[C@@H]1C[C@]1(NC(=O)[C@@H]1C[C@@]2(CN1C(=O)[C@@H](NC(=O)C(NC(=O)[C@@H]1CCCCN1CCF)C1CCCCC1)C1CCOCC1)C(C)(C)C21CCC1)C(=O)NS(=O)(=O)N1CCCC1. The van der Waals surface area contributed by atoms with Crippen molar-refractivity contribution in [2.75, 3.05) is 52.6 Å². The molecule has 4 aliphatic carbocycles. The number of alkyl halides is 1. The Morgan fingerprint density at radius 3 is 2.06 bits per heavy atom. The summed E-state index contributed by atoms with van der Waals surface area (Å²) in [7, 11) is -4.13. The van der Waals surface area contributed by atoms with Gasteiger partial charge in [0, 0.05) is 50.7 Å². The maximum Gasteiger partial charge on any atom is 0.303 e. The van der Waals surface area contributed by atoms with Crippen LogP contribution in [0.2, 0.25) is 0 Å². The van der Waals surface area contributed by atoms with Gasteiger partial charge in [-0.3, -0.25) is 28.9 Å². The number of likely N-dealkylation sites (tertiary alicyclic amines) is 2. The average Bonchev–Trinajstić information content (AvgIpc) is 3.70. The van der Waals surface area contributed by atoms with E-state index in [2.05, 4.69) is 41.1 Å². The molecule has 62 heavy (non-hydrogen) atoms. The van der Waals surface area contributed by atoms with E-state index in [0.717, 1.165) is 64.2 Å². The van der Waals surface area contributed by atoms with Crippen molar-refractivity contribution in [3.63, 3.8) is 0 Å². The lowest BCUT2D eigenvalue weighted by atomic mass is 9.73. The number of amides is 5. The topological polar surface area (TPSA) is 187 Å². The van der Waals surface area contributed by atoms with Crippen molar-refractivity contribution < 1.29 is 41.5 Å². The van der Waals surface area contributed by atoms with Gasteiger partial charge in [-0.25, -0.2) is 9.11 Å². The van der Waals surface area contributed by atoms with Crippen LogP contribution >= 0.6 is 0 Å². The van der Waals surface area contributed by atoms with Crippen molar-refractivity contribution in [2.45, 2.75) is 153 Å². The molecule has 4 saturated carbocycles. The molecule has 0 bridgehead atoms. The zero-order valence-electron chi connectivity index (χ0n) is 36.9. The molecule has 346 valence electrons. The van der Waals surface area contributed by atoms with E-state index in [0.29, 0.717) is 77.9 Å². The Morgan fingerprint density at radius 1 is 0.790 bits per heavy atom. The molecule has 1 unspecified atom stereocenters. The molecule has 5 amide bonds. The molecule has 4 heterocycles. The summed E-state index contributed by atoms with van der Waals surface area (Å²) in [6, 6.07) is -3.42. The summed E-state index contributed by atoms with van der Waals surface area (Å²) in [6.07, 6.45) is 14.2. The molecule has 8 fully saturated rings. The molecule has 7 atom stereocenters. The van der Waals surface area contributed by atoms with E-state index >= 15 is 4.79 Å². The van der Waals surface area contributed by atoms with E-state index in [4.69, 9.17) is 4.74 Å². The monoisotopic (exact) mass is 887 g/mol. The predicted octanol–water partition coefficient (Wildman–Crippen LogP) is 3.10. The predicted molar refractivity (Wildman–Crippen MR) is 229 cm³/mol. The molecular formula is C45H70FN7O8S. The van der Waals surface area contributed by atoms with Crippen LogP contribution in [0, 0.1) is 34.0 Å². The molecule has 4 saturated heterocycles. The van der Waals surface area contributed by atoms with Gasteiger partial charge in [0.2, 0.25) is 23.6 Å². The summed E-state index contributed by atoms with van der Waals surface area (Å²) in [5.74, 6) is -3.38. The summed E-state index contributed by atoms with van der Waals surface area (Å²) in [5, 5.41) is 9.26. The largest absolute Gasteiger partial charge is 0.381 e. The maximum absolute atomic E-state index is 15.5. The number of rotatable bonds is 15. The van der Waals surface area contributed by atoms with Crippen LogP contribution in [0.15, 0.2) is 12.7 Å². The highest BCUT2D eigenvalue weighted by Crippen LogP contribution is 2.88. The van der Waals surface area contributed by atoms with Gasteiger partial charge in [-0.05, 0) is 106 Å². The standard InChI is InChI=1S/C45H70FN7O8S/c1-4-32-27-45(32,41(58)50-62(59,60)52-22-10-11-23-52)49-38(55)34-28-44(42(2,3)43(44)18-12-19-43)29-53(34)40(57)36(31-16-25-61-26-17-31)48-39(56)35(30-13-6-5-7-14-30)47-37(54)33-15-8-9-21-51(33)24-20-46/h4,30-36H,1,5-29H2,2-3H3,(H,47,54)(H,48,56)(H,49,55)(H,50,58)/t32-,33+,34+,35?,36+,44-,45-/m1/s1. The summed E-state index contributed by atoms with van der Waals surface area (Å²) >= 11 is 0. The zero-order valence-corrected chi connectivity index (χ0v) is 37.7. The van der Waals surface area contributed by atoms with Gasteiger partial charge in [0.05, 0.1) is 6.04 Å². The molecule has 0 aromatic carbocycles. The minimum atomic E-state index is -4.13. The van der Waals surface area contributed by atoms with Crippen LogP contribution in [0.5, 0.6) is 0 Å². The maximum atomic E-state index is 15.5. The molecular weight excluding hydrogens is 818 g/mol. The van der Waals surface area contributed by atoms with E-state index in [-0.39, 0.29) is 52.9 Å². The molecule has 17 heteroatoms. The van der Waals surface area contributed by atoms with Crippen LogP contribution < -0.4 is 20.7 Å². The Bertz CT molecular complexity index is 1860. The summed E-state index contributed by atoms with van der Waals surface area (Å²) in [5.41, 5.74) is -2.11. The Balaban J connectivity index is 1.07. The fourth-order valence-electron chi connectivity index (χ4n) is 13.2. The van der Waals surface area contributed by atoms with Crippen molar-refractivity contribution in [1.82, 2.24) is 34.8 Å². The first-order valence-corrected chi connectivity index (χ1v) is 25.2. The number of piperidine rings is 1. The van der Waals surface area contributed by atoms with Gasteiger partial charge in [-0.15, -0.1) is 6.58 Å². The van der Waals surface area contributed by atoms with Gasteiger partial charge in [-0.2, -0.15) is 12.7 Å². The fraction of sp³-hybridized carbons (Fsp3) is 0.844. The molecule has 0 radical (unpaired) electrons. The average molecular weight is 888 g/mol. The number of nitrogens with one attached hydrogen (secondary N) is 4. The highest BCUT2D eigenvalue weighted by atomic mass is 32.2. The molecule has 4 aliphatic heterocycles. The Hall–Kier alpha value is -3.15. The van der Waals surface area contributed by atoms with Crippen LogP contribution in [-0.2, 0) is 38.9 Å². The first kappa shape index (κ1) is 45.4. The molecule has 8 aliphatic rings. The molecule has 15 nitrogen and oxygen atoms in total. The molecule has 8 rings (SSSR count). The number of carbonyl (C=O) groups excluding carboxylic acids is 5. The number of hydrogen-bond donors (Lipinski definition) is 4. The number of halogens is 1. The van der Waals surface area contributed by atoms with Crippen molar-refractivity contribution >= 4 is 39.7 Å². The van der Waals surface area contributed by atoms with Gasteiger partial charge < -0.3 is 25.6 Å². The third-order valence-corrected chi connectivity index (χ3v) is 18.9. The van der Waals surface area contributed by atoms with Gasteiger partial charge in [0.25, 0.3) is 5.91 Å². The third-order valence-electron chi connectivity index (χ3n) is 17.4. The molecule has 0 aromatic heterocycles. The number of hydrogen-bond acceptors (Lipinski definition) is 9.